The van der Waals surface area contributed by atoms with Gasteiger partial charge in [0.2, 0.25) is 5.91 Å². The van der Waals surface area contributed by atoms with E-state index in [9.17, 15) is 24.6 Å². The average molecular weight is 305 g/mol. The fourth-order valence-corrected chi connectivity index (χ4v) is 2.59. The van der Waals surface area contributed by atoms with Crippen molar-refractivity contribution in [1.82, 2.24) is 10.2 Å². The molecule has 7 nitrogen and oxygen atoms in total. The van der Waals surface area contributed by atoms with E-state index < -0.39 is 36.5 Å². The first-order chi connectivity index (χ1) is 10.5. The molecule has 2 N–H and O–H groups in total. The molecule has 1 aromatic rings. The largest absolute Gasteiger partial charge is 0.480 e. The van der Waals surface area contributed by atoms with Crippen LogP contribution in [0.25, 0.3) is 0 Å². The number of carbonyl (C=O) groups is 3. The molecule has 117 valence electrons. The van der Waals surface area contributed by atoms with Gasteiger partial charge in [-0.3, -0.25) is 9.59 Å². The molecular formula is C15H17N2O5. The highest BCUT2D eigenvalue weighted by atomic mass is 16.4. The number of aliphatic carboxylic acids is 1. The van der Waals surface area contributed by atoms with Gasteiger partial charge in [-0.15, -0.1) is 0 Å². The zero-order valence-corrected chi connectivity index (χ0v) is 11.9. The zero-order valence-electron chi connectivity index (χ0n) is 11.9. The normalized spacial score (nSPS) is 18.8. The van der Waals surface area contributed by atoms with E-state index in [4.69, 9.17) is 0 Å². The number of likely N-dealkylation sites (tertiary alicyclic amines) is 1. The highest BCUT2D eigenvalue weighted by Gasteiger charge is 2.38. The molecule has 1 fully saturated rings. The average Bonchev–Trinajstić information content (AvgIpc) is 3.02. The predicted octanol–water partition coefficient (Wildman–Crippen LogP) is 0.350. The Morgan fingerprint density at radius 1 is 1.27 bits per heavy atom. The number of carbonyl (C=O) groups excluding carboxylic acids is 2. The van der Waals surface area contributed by atoms with Crippen LogP contribution in [0.3, 0.4) is 0 Å². The molecule has 0 spiro atoms. The first kappa shape index (κ1) is 16.0. The molecule has 2 amide bonds. The Morgan fingerprint density at radius 3 is 2.55 bits per heavy atom. The van der Waals surface area contributed by atoms with E-state index in [1.807, 2.05) is 0 Å². The summed E-state index contributed by atoms with van der Waals surface area (Å²) in [6.45, 7) is -0.661. The van der Waals surface area contributed by atoms with E-state index in [1.54, 1.807) is 30.3 Å². The van der Waals surface area contributed by atoms with E-state index in [0.29, 0.717) is 24.9 Å². The maximum atomic E-state index is 12.7. The van der Waals surface area contributed by atoms with Crippen molar-refractivity contribution >= 4 is 17.8 Å². The van der Waals surface area contributed by atoms with Gasteiger partial charge in [-0.2, -0.15) is 0 Å². The van der Waals surface area contributed by atoms with Crippen molar-refractivity contribution in [2.45, 2.75) is 24.9 Å². The molecule has 1 radical (unpaired) electrons. The van der Waals surface area contributed by atoms with E-state index in [2.05, 4.69) is 5.32 Å². The SMILES string of the molecule is [O]CC(=O)N[C@@H](C(=O)N1CCC[C@H]1C(=O)O)c1ccccc1. The first-order valence-corrected chi connectivity index (χ1v) is 7.00. The Hall–Kier alpha value is -2.41. The van der Waals surface area contributed by atoms with Crippen LogP contribution in [-0.4, -0.2) is 47.0 Å². The highest BCUT2D eigenvalue weighted by molar-refractivity contribution is 5.91. The monoisotopic (exact) mass is 305 g/mol. The van der Waals surface area contributed by atoms with Gasteiger partial charge in [-0.05, 0) is 18.4 Å². The van der Waals surface area contributed by atoms with Crippen LogP contribution in [-0.2, 0) is 19.5 Å². The lowest BCUT2D eigenvalue weighted by Gasteiger charge is -2.27. The fraction of sp³-hybridized carbons (Fsp3) is 0.400. The Balaban J connectivity index is 2.26. The van der Waals surface area contributed by atoms with Gasteiger partial charge in [-0.25, -0.2) is 9.90 Å². The van der Waals surface area contributed by atoms with Crippen molar-refractivity contribution < 1.29 is 24.6 Å². The van der Waals surface area contributed by atoms with Crippen LogP contribution in [0.4, 0.5) is 0 Å². The van der Waals surface area contributed by atoms with E-state index in [-0.39, 0.29) is 0 Å². The number of carboxylic acid groups (broad SMARTS) is 1. The summed E-state index contributed by atoms with van der Waals surface area (Å²) in [5.41, 5.74) is 0.519. The second-order valence-electron chi connectivity index (χ2n) is 5.08. The van der Waals surface area contributed by atoms with Crippen LogP contribution in [0.15, 0.2) is 30.3 Å². The molecular weight excluding hydrogens is 288 g/mol. The number of carboxylic acids is 1. The van der Waals surface area contributed by atoms with Crippen molar-refractivity contribution in [3.63, 3.8) is 0 Å². The number of nitrogens with one attached hydrogen (secondary N) is 1. The summed E-state index contributed by atoms with van der Waals surface area (Å²) in [6, 6.07) is 6.55. The number of benzene rings is 1. The van der Waals surface area contributed by atoms with Crippen molar-refractivity contribution in [3.05, 3.63) is 35.9 Å². The number of amides is 2. The van der Waals surface area contributed by atoms with Crippen LogP contribution in [0.2, 0.25) is 0 Å². The summed E-state index contributed by atoms with van der Waals surface area (Å²) >= 11 is 0. The Kier molecular flexibility index (Phi) is 5.11. The van der Waals surface area contributed by atoms with Gasteiger partial charge < -0.3 is 15.3 Å². The number of hydrogen-bond donors (Lipinski definition) is 2. The molecule has 0 aromatic heterocycles. The molecule has 7 heteroatoms. The van der Waals surface area contributed by atoms with Gasteiger partial charge in [0.1, 0.15) is 12.1 Å². The minimum Gasteiger partial charge on any atom is -0.480 e. The maximum Gasteiger partial charge on any atom is 0.326 e. The summed E-state index contributed by atoms with van der Waals surface area (Å²) in [7, 11) is 0. The summed E-state index contributed by atoms with van der Waals surface area (Å²) in [4.78, 5) is 36.6. The predicted molar refractivity (Wildman–Crippen MR) is 75.3 cm³/mol. The van der Waals surface area contributed by atoms with Crippen LogP contribution >= 0.6 is 0 Å². The van der Waals surface area contributed by atoms with Crippen molar-refractivity contribution in [2.75, 3.05) is 13.2 Å². The molecule has 0 unspecified atom stereocenters. The van der Waals surface area contributed by atoms with Crippen LogP contribution < -0.4 is 5.32 Å². The van der Waals surface area contributed by atoms with Crippen LogP contribution in [0.5, 0.6) is 0 Å². The topological polar surface area (TPSA) is 107 Å². The standard InChI is InChI=1S/C15H17N2O5/c18-9-12(19)16-13(10-5-2-1-3-6-10)14(20)17-8-4-7-11(17)15(21)22/h1-3,5-6,11,13H,4,7-9H2,(H,16,19)(H,21,22)/t11-,13+/m0/s1. The molecule has 1 aliphatic rings. The lowest BCUT2D eigenvalue weighted by molar-refractivity contribution is -0.149. The lowest BCUT2D eigenvalue weighted by atomic mass is 10.0. The fourth-order valence-electron chi connectivity index (χ4n) is 2.59. The van der Waals surface area contributed by atoms with Crippen molar-refractivity contribution in [2.24, 2.45) is 0 Å². The third-order valence-corrected chi connectivity index (χ3v) is 3.64. The van der Waals surface area contributed by atoms with Gasteiger partial charge in [0, 0.05) is 6.54 Å². The lowest BCUT2D eigenvalue weighted by Crippen LogP contribution is -2.47. The van der Waals surface area contributed by atoms with Gasteiger partial charge in [0.05, 0.1) is 0 Å². The third-order valence-electron chi connectivity index (χ3n) is 3.64. The number of rotatable bonds is 5. The second-order valence-corrected chi connectivity index (χ2v) is 5.08. The van der Waals surface area contributed by atoms with Gasteiger partial charge in [0.25, 0.3) is 5.91 Å². The van der Waals surface area contributed by atoms with Crippen molar-refractivity contribution in [3.8, 4) is 0 Å². The summed E-state index contributed by atoms with van der Waals surface area (Å²) in [6.07, 6.45) is 0.984. The molecule has 0 aliphatic carbocycles. The quantitative estimate of drug-likeness (QED) is 0.818. The minimum absolute atomic E-state index is 0.326. The first-order valence-electron chi connectivity index (χ1n) is 7.00. The highest BCUT2D eigenvalue weighted by Crippen LogP contribution is 2.23. The van der Waals surface area contributed by atoms with Gasteiger partial charge in [-0.1, -0.05) is 30.3 Å². The van der Waals surface area contributed by atoms with Gasteiger partial charge >= 0.3 is 5.97 Å². The Bertz CT molecular complexity index is 560. The second kappa shape index (κ2) is 7.04. The molecule has 2 rings (SSSR count). The smallest absolute Gasteiger partial charge is 0.326 e. The van der Waals surface area contributed by atoms with Gasteiger partial charge in [0.15, 0.2) is 6.61 Å². The molecule has 0 bridgehead atoms. The maximum absolute atomic E-state index is 12.7. The van der Waals surface area contributed by atoms with E-state index >= 15 is 0 Å². The number of nitrogens with zero attached hydrogens (tertiary/aromatic N) is 1. The zero-order chi connectivity index (χ0) is 16.1. The van der Waals surface area contributed by atoms with E-state index in [1.165, 1.54) is 4.90 Å². The van der Waals surface area contributed by atoms with Crippen LogP contribution in [0, 0.1) is 0 Å². The molecule has 1 heterocycles. The Labute approximate surface area is 127 Å². The minimum atomic E-state index is -1.06. The molecule has 1 aromatic carbocycles. The van der Waals surface area contributed by atoms with Crippen LogP contribution in [0.1, 0.15) is 24.4 Å². The molecule has 2 atom stereocenters. The Morgan fingerprint density at radius 2 is 1.95 bits per heavy atom. The summed E-state index contributed by atoms with van der Waals surface area (Å²) in [5, 5.41) is 22.2. The third kappa shape index (κ3) is 3.43. The summed E-state index contributed by atoms with van der Waals surface area (Å²) in [5.74, 6) is -2.36. The van der Waals surface area contributed by atoms with E-state index in [0.717, 1.165) is 0 Å². The summed E-state index contributed by atoms with van der Waals surface area (Å²) < 4.78 is 0. The van der Waals surface area contributed by atoms with Crippen molar-refractivity contribution in [1.29, 1.82) is 0 Å². The molecule has 1 saturated heterocycles. The molecule has 1 aliphatic heterocycles. The molecule has 0 saturated carbocycles. The molecule has 22 heavy (non-hydrogen) atoms. The number of hydrogen-bond acceptors (Lipinski definition) is 3.